The van der Waals surface area contributed by atoms with Crippen LogP contribution in [-0.2, 0) is 0 Å². The minimum atomic E-state index is -0.192. The first kappa shape index (κ1) is 15.7. The highest BCUT2D eigenvalue weighted by atomic mass is 16.3. The third-order valence-electron chi connectivity index (χ3n) is 2.99. The normalized spacial score (nSPS) is 11.5. The number of anilines is 2. The van der Waals surface area contributed by atoms with Gasteiger partial charge < -0.3 is 15.7 Å². The number of aliphatic hydroxyl groups excluding tert-OH is 1. The van der Waals surface area contributed by atoms with Crippen molar-refractivity contribution in [2.24, 2.45) is 0 Å². The Morgan fingerprint density at radius 3 is 2.37 bits per heavy atom. The Bertz CT molecular complexity index is 418. The molecule has 0 radical (unpaired) electrons. The van der Waals surface area contributed by atoms with E-state index in [0.29, 0.717) is 6.42 Å². The summed E-state index contributed by atoms with van der Waals surface area (Å²) in [4.78, 5) is 8.90. The number of aromatic nitrogens is 2. The standard InChI is InChI=1S/C14H26N4O/c1-6-8-15-12-10(2)13(17-11(3)16-12)18-14(4,5)7-9-19/h19H,6-9H2,1-5H3,(H2,15,16,17,18). The van der Waals surface area contributed by atoms with Crippen LogP contribution in [0.15, 0.2) is 0 Å². The molecule has 1 aromatic rings. The van der Waals surface area contributed by atoms with E-state index >= 15 is 0 Å². The molecule has 0 atom stereocenters. The van der Waals surface area contributed by atoms with E-state index in [0.717, 1.165) is 36.0 Å². The van der Waals surface area contributed by atoms with E-state index in [2.05, 4.69) is 41.4 Å². The summed E-state index contributed by atoms with van der Waals surface area (Å²) < 4.78 is 0. The zero-order valence-corrected chi connectivity index (χ0v) is 12.7. The van der Waals surface area contributed by atoms with E-state index in [1.165, 1.54) is 0 Å². The van der Waals surface area contributed by atoms with Gasteiger partial charge in [0.1, 0.15) is 17.5 Å². The van der Waals surface area contributed by atoms with Crippen molar-refractivity contribution in [2.75, 3.05) is 23.8 Å². The minimum Gasteiger partial charge on any atom is -0.396 e. The smallest absolute Gasteiger partial charge is 0.135 e. The molecule has 0 aliphatic heterocycles. The van der Waals surface area contributed by atoms with Gasteiger partial charge in [0, 0.05) is 24.3 Å². The molecule has 5 heteroatoms. The molecule has 0 saturated heterocycles. The van der Waals surface area contributed by atoms with Crippen molar-refractivity contribution in [3.8, 4) is 0 Å². The Morgan fingerprint density at radius 2 is 1.79 bits per heavy atom. The topological polar surface area (TPSA) is 70.1 Å². The first-order chi connectivity index (χ1) is 8.89. The second-order valence-electron chi connectivity index (χ2n) is 5.50. The lowest BCUT2D eigenvalue weighted by Crippen LogP contribution is -2.33. The number of nitrogens with zero attached hydrogens (tertiary/aromatic N) is 2. The summed E-state index contributed by atoms with van der Waals surface area (Å²) in [6, 6.07) is 0. The average molecular weight is 266 g/mol. The van der Waals surface area contributed by atoms with Gasteiger partial charge in [-0.15, -0.1) is 0 Å². The zero-order valence-electron chi connectivity index (χ0n) is 12.7. The Balaban J connectivity index is 2.97. The van der Waals surface area contributed by atoms with Gasteiger partial charge in [0.25, 0.3) is 0 Å². The van der Waals surface area contributed by atoms with Crippen molar-refractivity contribution < 1.29 is 5.11 Å². The van der Waals surface area contributed by atoms with Gasteiger partial charge >= 0.3 is 0 Å². The molecule has 0 aliphatic rings. The first-order valence-electron chi connectivity index (χ1n) is 6.87. The van der Waals surface area contributed by atoms with Crippen LogP contribution >= 0.6 is 0 Å². The summed E-state index contributed by atoms with van der Waals surface area (Å²) in [6.45, 7) is 11.2. The van der Waals surface area contributed by atoms with E-state index in [4.69, 9.17) is 5.11 Å². The number of aliphatic hydroxyl groups is 1. The van der Waals surface area contributed by atoms with Crippen molar-refractivity contribution in [3.05, 3.63) is 11.4 Å². The Hall–Kier alpha value is -1.36. The van der Waals surface area contributed by atoms with Gasteiger partial charge in [-0.25, -0.2) is 9.97 Å². The lowest BCUT2D eigenvalue weighted by atomic mass is 10.0. The molecule has 0 fully saturated rings. The summed E-state index contributed by atoms with van der Waals surface area (Å²) in [5.74, 6) is 2.47. The molecule has 0 spiro atoms. The van der Waals surface area contributed by atoms with Crippen LogP contribution in [-0.4, -0.2) is 33.8 Å². The predicted molar refractivity (Wildman–Crippen MR) is 79.7 cm³/mol. The number of rotatable bonds is 7. The van der Waals surface area contributed by atoms with Crippen molar-refractivity contribution in [2.45, 2.75) is 53.0 Å². The maximum Gasteiger partial charge on any atom is 0.135 e. The number of hydrogen-bond acceptors (Lipinski definition) is 5. The van der Waals surface area contributed by atoms with Crippen LogP contribution in [0.2, 0.25) is 0 Å². The molecule has 19 heavy (non-hydrogen) atoms. The summed E-state index contributed by atoms with van der Waals surface area (Å²) in [7, 11) is 0. The quantitative estimate of drug-likeness (QED) is 0.707. The van der Waals surface area contributed by atoms with Gasteiger partial charge in [0.15, 0.2) is 0 Å². The van der Waals surface area contributed by atoms with Gasteiger partial charge in [-0.05, 0) is 40.5 Å². The lowest BCUT2D eigenvalue weighted by molar-refractivity contribution is 0.260. The molecule has 1 aromatic heterocycles. The highest BCUT2D eigenvalue weighted by Crippen LogP contribution is 2.24. The second kappa shape index (κ2) is 6.70. The molecule has 1 rings (SSSR count). The third-order valence-corrected chi connectivity index (χ3v) is 2.99. The van der Waals surface area contributed by atoms with Crippen molar-refractivity contribution in [1.82, 2.24) is 9.97 Å². The van der Waals surface area contributed by atoms with Crippen molar-refractivity contribution in [3.63, 3.8) is 0 Å². The van der Waals surface area contributed by atoms with Crippen LogP contribution in [0.3, 0.4) is 0 Å². The Morgan fingerprint density at radius 1 is 1.16 bits per heavy atom. The van der Waals surface area contributed by atoms with E-state index in [1.807, 2.05) is 13.8 Å². The monoisotopic (exact) mass is 266 g/mol. The average Bonchev–Trinajstić information content (AvgIpc) is 2.31. The Labute approximate surface area is 115 Å². The van der Waals surface area contributed by atoms with Crippen molar-refractivity contribution in [1.29, 1.82) is 0 Å². The zero-order chi connectivity index (χ0) is 14.5. The number of aryl methyl sites for hydroxylation is 1. The summed E-state index contributed by atoms with van der Waals surface area (Å²) in [5.41, 5.74) is 0.826. The van der Waals surface area contributed by atoms with Crippen LogP contribution < -0.4 is 10.6 Å². The van der Waals surface area contributed by atoms with E-state index in [9.17, 15) is 0 Å². The number of nitrogens with one attached hydrogen (secondary N) is 2. The molecule has 0 amide bonds. The molecule has 108 valence electrons. The maximum atomic E-state index is 9.09. The molecule has 0 aliphatic carbocycles. The molecule has 0 unspecified atom stereocenters. The fourth-order valence-electron chi connectivity index (χ4n) is 1.83. The van der Waals surface area contributed by atoms with Crippen LogP contribution in [0.25, 0.3) is 0 Å². The minimum absolute atomic E-state index is 0.157. The van der Waals surface area contributed by atoms with Gasteiger partial charge in [-0.2, -0.15) is 0 Å². The molecular formula is C14H26N4O. The summed E-state index contributed by atoms with van der Waals surface area (Å²) >= 11 is 0. The van der Waals surface area contributed by atoms with E-state index in [-0.39, 0.29) is 12.1 Å². The fourth-order valence-corrected chi connectivity index (χ4v) is 1.83. The molecule has 1 heterocycles. The predicted octanol–water partition coefficient (Wildman–Crippen LogP) is 2.49. The second-order valence-corrected chi connectivity index (χ2v) is 5.50. The van der Waals surface area contributed by atoms with Gasteiger partial charge in [0.2, 0.25) is 0 Å². The van der Waals surface area contributed by atoms with Gasteiger partial charge in [-0.1, -0.05) is 6.92 Å². The van der Waals surface area contributed by atoms with E-state index < -0.39 is 0 Å². The highest BCUT2D eigenvalue weighted by Gasteiger charge is 2.19. The molecule has 3 N–H and O–H groups in total. The number of hydrogen-bond donors (Lipinski definition) is 3. The van der Waals surface area contributed by atoms with Crippen LogP contribution in [0, 0.1) is 13.8 Å². The molecule has 5 nitrogen and oxygen atoms in total. The van der Waals surface area contributed by atoms with Gasteiger partial charge in [0.05, 0.1) is 0 Å². The van der Waals surface area contributed by atoms with Crippen LogP contribution in [0.5, 0.6) is 0 Å². The van der Waals surface area contributed by atoms with Crippen LogP contribution in [0.1, 0.15) is 45.0 Å². The third kappa shape index (κ3) is 4.67. The summed E-state index contributed by atoms with van der Waals surface area (Å²) in [5, 5.41) is 15.8. The lowest BCUT2D eigenvalue weighted by Gasteiger charge is -2.27. The highest BCUT2D eigenvalue weighted by molar-refractivity contribution is 5.58. The van der Waals surface area contributed by atoms with Crippen LogP contribution in [0.4, 0.5) is 11.6 Å². The van der Waals surface area contributed by atoms with Gasteiger partial charge in [-0.3, -0.25) is 0 Å². The molecule has 0 saturated carbocycles. The molecule has 0 aromatic carbocycles. The van der Waals surface area contributed by atoms with E-state index in [1.54, 1.807) is 0 Å². The Kier molecular flexibility index (Phi) is 5.54. The molecule has 0 bridgehead atoms. The largest absolute Gasteiger partial charge is 0.396 e. The maximum absolute atomic E-state index is 9.09. The fraction of sp³-hybridized carbons (Fsp3) is 0.714. The molecular weight excluding hydrogens is 240 g/mol. The SMILES string of the molecule is CCCNc1nc(C)nc(NC(C)(C)CCO)c1C. The van der Waals surface area contributed by atoms with Crippen molar-refractivity contribution >= 4 is 11.6 Å². The summed E-state index contributed by atoms with van der Waals surface area (Å²) in [6.07, 6.45) is 1.73. The first-order valence-corrected chi connectivity index (χ1v) is 6.87.